The second kappa shape index (κ2) is 5.84. The van der Waals surface area contributed by atoms with Crippen molar-refractivity contribution in [2.24, 2.45) is 17.6 Å². The fourth-order valence-corrected chi connectivity index (χ4v) is 2.80. The summed E-state index contributed by atoms with van der Waals surface area (Å²) in [6.45, 7) is 0.996. The minimum absolute atomic E-state index is 0. The van der Waals surface area contributed by atoms with Gasteiger partial charge in [0.05, 0.1) is 0 Å². The molecule has 0 spiro atoms. The molecule has 2 aliphatic rings. The number of rotatable bonds is 7. The number of nitrogens with two attached hydrogens (primary N) is 1. The number of hydrogen-bond acceptors (Lipinski definition) is 3. The average Bonchev–Trinajstić information content (AvgIpc) is 3.04. The lowest BCUT2D eigenvalue weighted by atomic mass is 10.2. The first kappa shape index (κ1) is 15.2. The van der Waals surface area contributed by atoms with Gasteiger partial charge in [0, 0.05) is 26.2 Å². The second-order valence-corrected chi connectivity index (χ2v) is 6.94. The molecule has 0 aromatic rings. The van der Waals surface area contributed by atoms with E-state index in [9.17, 15) is 8.42 Å². The Morgan fingerprint density at radius 2 is 1.94 bits per heavy atom. The molecule has 0 heterocycles. The molecule has 2 rings (SSSR count). The number of halogens is 1. The molecule has 0 radical (unpaired) electrons. The van der Waals surface area contributed by atoms with Gasteiger partial charge in [-0.2, -0.15) is 12.7 Å². The van der Waals surface area contributed by atoms with Gasteiger partial charge in [0.25, 0.3) is 10.2 Å². The van der Waals surface area contributed by atoms with Crippen molar-refractivity contribution >= 4 is 22.6 Å². The van der Waals surface area contributed by atoms with E-state index in [1.54, 1.807) is 7.05 Å². The van der Waals surface area contributed by atoms with Gasteiger partial charge in [0.15, 0.2) is 0 Å². The number of nitrogens with one attached hydrogen (secondary N) is 1. The van der Waals surface area contributed by atoms with Crippen molar-refractivity contribution in [3.05, 3.63) is 0 Å². The van der Waals surface area contributed by atoms with Gasteiger partial charge in [-0.3, -0.25) is 0 Å². The molecule has 0 amide bonds. The highest BCUT2D eigenvalue weighted by Gasteiger charge is 2.31. The molecule has 2 fully saturated rings. The zero-order valence-corrected chi connectivity index (χ0v) is 11.8. The summed E-state index contributed by atoms with van der Waals surface area (Å²) in [6.07, 6.45) is 4.59. The van der Waals surface area contributed by atoms with Crippen LogP contribution >= 0.6 is 12.4 Å². The van der Waals surface area contributed by atoms with Crippen molar-refractivity contribution in [1.29, 1.82) is 0 Å². The second-order valence-electron chi connectivity index (χ2n) is 5.08. The minimum Gasteiger partial charge on any atom is -0.326 e. The van der Waals surface area contributed by atoms with Gasteiger partial charge in [-0.25, -0.2) is 4.72 Å². The Kier molecular flexibility index (Phi) is 5.21. The zero-order chi connectivity index (χ0) is 11.8. The summed E-state index contributed by atoms with van der Waals surface area (Å²) >= 11 is 0. The minimum atomic E-state index is -3.31. The van der Waals surface area contributed by atoms with Crippen molar-refractivity contribution in [2.45, 2.75) is 31.7 Å². The Morgan fingerprint density at radius 1 is 1.35 bits per heavy atom. The summed E-state index contributed by atoms with van der Waals surface area (Å²) in [7, 11) is -1.68. The van der Waals surface area contributed by atoms with Crippen LogP contribution in [0.1, 0.15) is 25.7 Å². The molecule has 0 bridgehead atoms. The Balaban J connectivity index is 0.00000144. The first-order valence-corrected chi connectivity index (χ1v) is 7.39. The molecule has 0 aliphatic heterocycles. The molecule has 2 aliphatic carbocycles. The van der Waals surface area contributed by atoms with Crippen LogP contribution in [-0.4, -0.2) is 38.9 Å². The summed E-state index contributed by atoms with van der Waals surface area (Å²) in [6, 6.07) is -0.0240. The number of hydrogen-bond donors (Lipinski definition) is 2. The lowest BCUT2D eigenvalue weighted by Gasteiger charge is -2.19. The van der Waals surface area contributed by atoms with Crippen LogP contribution in [0.25, 0.3) is 0 Å². The molecule has 7 heteroatoms. The van der Waals surface area contributed by atoms with Crippen molar-refractivity contribution < 1.29 is 8.42 Å². The Hall–Kier alpha value is 0.120. The van der Waals surface area contributed by atoms with Crippen LogP contribution in [0.2, 0.25) is 0 Å². The third kappa shape index (κ3) is 4.71. The van der Waals surface area contributed by atoms with Crippen LogP contribution in [0.5, 0.6) is 0 Å². The normalized spacial score (nSPS) is 22.3. The van der Waals surface area contributed by atoms with Gasteiger partial charge in [-0.1, -0.05) is 0 Å². The first-order valence-electron chi connectivity index (χ1n) is 5.95. The SMILES string of the molecule is CN(CC1CC1)S(=O)(=O)NCC(N)C1CC1.Cl. The zero-order valence-electron chi connectivity index (χ0n) is 10.1. The number of nitrogens with zero attached hydrogens (tertiary/aromatic N) is 1. The topological polar surface area (TPSA) is 75.4 Å². The Bertz CT molecular complexity index is 341. The van der Waals surface area contributed by atoms with E-state index >= 15 is 0 Å². The van der Waals surface area contributed by atoms with Crippen LogP contribution in [0.4, 0.5) is 0 Å². The van der Waals surface area contributed by atoms with Gasteiger partial charge in [-0.15, -0.1) is 12.4 Å². The molecular weight excluding hydrogens is 262 g/mol. The summed E-state index contributed by atoms with van der Waals surface area (Å²) in [4.78, 5) is 0. The average molecular weight is 284 g/mol. The van der Waals surface area contributed by atoms with Crippen LogP contribution in [0, 0.1) is 11.8 Å². The maximum absolute atomic E-state index is 11.8. The van der Waals surface area contributed by atoms with E-state index in [0.717, 1.165) is 25.7 Å². The summed E-state index contributed by atoms with van der Waals surface area (Å²) in [5.41, 5.74) is 5.85. The van der Waals surface area contributed by atoms with Crippen LogP contribution in [-0.2, 0) is 10.2 Å². The molecule has 2 saturated carbocycles. The summed E-state index contributed by atoms with van der Waals surface area (Å²) in [5.74, 6) is 1.09. The Morgan fingerprint density at radius 3 is 2.41 bits per heavy atom. The molecule has 3 N–H and O–H groups in total. The lowest BCUT2D eigenvalue weighted by Crippen LogP contribution is -2.45. The predicted octanol–water partition coefficient (Wildman–Crippen LogP) is 0.322. The predicted molar refractivity (Wildman–Crippen MR) is 70.2 cm³/mol. The lowest BCUT2D eigenvalue weighted by molar-refractivity contribution is 0.437. The molecule has 102 valence electrons. The van der Waals surface area contributed by atoms with Crippen LogP contribution in [0.3, 0.4) is 0 Å². The third-order valence-electron chi connectivity index (χ3n) is 3.35. The van der Waals surface area contributed by atoms with E-state index in [-0.39, 0.29) is 18.4 Å². The highest BCUT2D eigenvalue weighted by atomic mass is 35.5. The van der Waals surface area contributed by atoms with E-state index in [4.69, 9.17) is 5.73 Å². The fourth-order valence-electron chi connectivity index (χ4n) is 1.76. The van der Waals surface area contributed by atoms with E-state index in [0.29, 0.717) is 24.9 Å². The monoisotopic (exact) mass is 283 g/mol. The van der Waals surface area contributed by atoms with Crippen molar-refractivity contribution in [1.82, 2.24) is 9.03 Å². The summed E-state index contributed by atoms with van der Waals surface area (Å²) < 4.78 is 27.6. The van der Waals surface area contributed by atoms with Crippen LogP contribution < -0.4 is 10.5 Å². The molecule has 5 nitrogen and oxygen atoms in total. The van der Waals surface area contributed by atoms with Crippen LogP contribution in [0.15, 0.2) is 0 Å². The highest BCUT2D eigenvalue weighted by molar-refractivity contribution is 7.87. The molecule has 17 heavy (non-hydrogen) atoms. The van der Waals surface area contributed by atoms with Gasteiger partial charge in [-0.05, 0) is 37.5 Å². The Labute approximate surface area is 110 Å². The third-order valence-corrected chi connectivity index (χ3v) is 4.85. The highest BCUT2D eigenvalue weighted by Crippen LogP contribution is 2.31. The molecule has 1 atom stereocenters. The first-order chi connectivity index (χ1) is 7.49. The maximum Gasteiger partial charge on any atom is 0.279 e. The van der Waals surface area contributed by atoms with Gasteiger partial charge in [0.2, 0.25) is 0 Å². The molecule has 0 aromatic carbocycles. The fraction of sp³-hybridized carbons (Fsp3) is 1.00. The molecular formula is C10H22ClN3O2S. The van der Waals surface area contributed by atoms with Gasteiger partial charge >= 0.3 is 0 Å². The van der Waals surface area contributed by atoms with Crippen molar-refractivity contribution in [3.8, 4) is 0 Å². The quantitative estimate of drug-likeness (QED) is 0.707. The van der Waals surface area contributed by atoms with E-state index in [1.165, 1.54) is 4.31 Å². The van der Waals surface area contributed by atoms with Crippen molar-refractivity contribution in [2.75, 3.05) is 20.1 Å². The molecule has 1 unspecified atom stereocenters. The van der Waals surface area contributed by atoms with E-state index in [2.05, 4.69) is 4.72 Å². The molecule has 0 aromatic heterocycles. The standard InChI is InChI=1S/C10H21N3O2S.ClH/c1-13(7-8-2-3-8)16(14,15)12-6-10(11)9-4-5-9;/h8-10,12H,2-7,11H2,1H3;1H. The molecule has 0 saturated heterocycles. The van der Waals surface area contributed by atoms with Gasteiger partial charge in [0.1, 0.15) is 0 Å². The maximum atomic E-state index is 11.8. The van der Waals surface area contributed by atoms with Crippen molar-refractivity contribution in [3.63, 3.8) is 0 Å². The smallest absolute Gasteiger partial charge is 0.279 e. The van der Waals surface area contributed by atoms with E-state index < -0.39 is 10.2 Å². The van der Waals surface area contributed by atoms with Gasteiger partial charge < -0.3 is 5.73 Å². The summed E-state index contributed by atoms with van der Waals surface area (Å²) in [5, 5.41) is 0. The van der Waals surface area contributed by atoms with E-state index in [1.807, 2.05) is 0 Å². The largest absolute Gasteiger partial charge is 0.326 e.